The number of rotatable bonds is 0. The van der Waals surface area contributed by atoms with Crippen LogP contribution in [0.1, 0.15) is 0 Å². The first-order chi connectivity index (χ1) is 0. The molecule has 0 heterocycles. The van der Waals surface area contributed by atoms with Crippen molar-refractivity contribution >= 4 is 17.4 Å². The van der Waals surface area contributed by atoms with E-state index >= 15 is 0 Å². The van der Waals surface area contributed by atoms with Gasteiger partial charge in [0, 0.05) is 0 Å². The van der Waals surface area contributed by atoms with Crippen molar-refractivity contribution in [3.05, 3.63) is 0 Å². The van der Waals surface area contributed by atoms with Gasteiger partial charge in [-0.15, -0.1) is 0 Å². The second-order valence-corrected chi connectivity index (χ2v) is 0. The molecule has 0 N–H and O–H groups in total. The summed E-state index contributed by atoms with van der Waals surface area (Å²) < 4.78 is 0. The fourth-order valence-corrected chi connectivity index (χ4v) is 0. The van der Waals surface area contributed by atoms with E-state index in [4.69, 9.17) is 0 Å². The Morgan fingerprint density at radius 2 is 1.00 bits per heavy atom. The molecule has 0 atom stereocenters. The molecule has 0 aliphatic carbocycles. The summed E-state index contributed by atoms with van der Waals surface area (Å²) in [6.45, 7) is 0. The van der Waals surface area contributed by atoms with E-state index in [-0.39, 0.29) is 96.4 Å². The average molecular weight is 276 g/mol. The molecule has 0 bridgehead atoms. The van der Waals surface area contributed by atoms with Crippen LogP contribution in [0.3, 0.4) is 0 Å². The van der Waals surface area contributed by atoms with Gasteiger partial charge in [0.05, 0.1) is 0 Å². The number of hydrogen-bond acceptors (Lipinski definition) is 0. The van der Waals surface area contributed by atoms with Gasteiger partial charge >= 0.3 is 90.9 Å². The third kappa shape index (κ3) is 8.87. The van der Waals surface area contributed by atoms with Gasteiger partial charge in [0.2, 0.25) is 0 Å². The standard InChI is InChI=1S/Al.Nd.O.Y/q2*+3;-2;+3. The Morgan fingerprint density at radius 3 is 1.00 bits per heavy atom. The zero-order valence-electron chi connectivity index (χ0n) is 2.06. The van der Waals surface area contributed by atoms with Crippen LogP contribution in [0.15, 0.2) is 0 Å². The smallest absolute Gasteiger partial charge is 2.00 e. The van der Waals surface area contributed by atoms with E-state index in [1.807, 2.05) is 0 Å². The van der Waals surface area contributed by atoms with Crippen LogP contribution in [0, 0.1) is 40.8 Å². The van der Waals surface area contributed by atoms with Crippen LogP contribution in [-0.4, -0.2) is 17.4 Å². The molecule has 0 aromatic rings. The topological polar surface area (TPSA) is 28.5 Å². The summed E-state index contributed by atoms with van der Waals surface area (Å²) in [7, 11) is 0. The molecule has 1 nitrogen and oxygen atoms in total. The molecule has 9 valence electrons. The second-order valence-electron chi connectivity index (χ2n) is 0. The van der Waals surface area contributed by atoms with Gasteiger partial charge in [-0.05, 0) is 0 Å². The van der Waals surface area contributed by atoms with E-state index < -0.39 is 0 Å². The summed E-state index contributed by atoms with van der Waals surface area (Å²) in [5, 5.41) is 0. The quantitative estimate of drug-likeness (QED) is 0.534. The minimum absolute atomic E-state index is 0. The molecule has 0 rings (SSSR count). The largest absolute Gasteiger partial charge is 3.00 e. The summed E-state index contributed by atoms with van der Waals surface area (Å²) in [5.74, 6) is 0. The summed E-state index contributed by atoms with van der Waals surface area (Å²) in [6, 6.07) is 0. The summed E-state index contributed by atoms with van der Waals surface area (Å²) in [6.07, 6.45) is 0. The van der Waals surface area contributed by atoms with Gasteiger partial charge in [0.1, 0.15) is 0 Å². The molecule has 4 heavy (non-hydrogen) atoms. The van der Waals surface area contributed by atoms with E-state index in [9.17, 15) is 0 Å². The molecule has 1 radical (unpaired) electrons. The number of hydrogen-bond donors (Lipinski definition) is 0. The maximum absolute atomic E-state index is 0. The Kier molecular flexibility index (Phi) is 119. The van der Waals surface area contributed by atoms with Crippen molar-refractivity contribution in [3.8, 4) is 0 Å². The van der Waals surface area contributed by atoms with Gasteiger partial charge in [-0.3, -0.25) is 0 Å². The van der Waals surface area contributed by atoms with Crippen molar-refractivity contribution in [3.63, 3.8) is 0 Å². The first-order valence-electron chi connectivity index (χ1n) is 0. The van der Waals surface area contributed by atoms with Crippen molar-refractivity contribution < 1.29 is 79.0 Å². The Bertz CT molecular complexity index is 8.00. The van der Waals surface area contributed by atoms with Crippen LogP contribution in [0.25, 0.3) is 0 Å². The first-order valence-corrected chi connectivity index (χ1v) is 0. The normalized spacial score (nSPS) is 0. The van der Waals surface area contributed by atoms with Crippen LogP contribution in [-0.2, 0) is 38.2 Å². The molecule has 0 fully saturated rings. The maximum atomic E-state index is 0. The van der Waals surface area contributed by atoms with E-state index in [2.05, 4.69) is 0 Å². The second kappa shape index (κ2) is 16.8. The Balaban J connectivity index is 0. The molecule has 0 aliphatic heterocycles. The van der Waals surface area contributed by atoms with Gasteiger partial charge in [0.15, 0.2) is 0 Å². The Morgan fingerprint density at radius 1 is 1.00 bits per heavy atom. The summed E-state index contributed by atoms with van der Waals surface area (Å²) >= 11 is 0. The molecular weight excluding hydrogens is 276 g/mol. The fraction of sp³-hybridized carbons (Fsp3) is 0. The van der Waals surface area contributed by atoms with Crippen molar-refractivity contribution in [2.75, 3.05) is 0 Å². The van der Waals surface area contributed by atoms with Crippen molar-refractivity contribution in [1.29, 1.82) is 0 Å². The molecular formula is AlNdOY+7. The minimum atomic E-state index is 0. The summed E-state index contributed by atoms with van der Waals surface area (Å²) in [5.41, 5.74) is 0. The van der Waals surface area contributed by atoms with Gasteiger partial charge in [-0.1, -0.05) is 0 Å². The van der Waals surface area contributed by atoms with Gasteiger partial charge in [-0.2, -0.15) is 0 Å². The van der Waals surface area contributed by atoms with Crippen molar-refractivity contribution in [1.82, 2.24) is 0 Å². The molecule has 0 unspecified atom stereocenters. The minimum Gasteiger partial charge on any atom is -2.00 e. The van der Waals surface area contributed by atoms with Gasteiger partial charge < -0.3 is 5.48 Å². The molecule has 0 spiro atoms. The van der Waals surface area contributed by atoms with Crippen molar-refractivity contribution in [2.45, 2.75) is 0 Å². The average Bonchev–Trinajstić information content (AvgIpc) is 0. The van der Waals surface area contributed by atoms with Crippen LogP contribution < -0.4 is 0 Å². The Hall–Kier alpha value is 2.95. The SMILES string of the molecule is [Al+3].[Nd+3].[O-2].[Y+3]. The van der Waals surface area contributed by atoms with Crippen LogP contribution >= 0.6 is 0 Å². The van der Waals surface area contributed by atoms with E-state index in [0.717, 1.165) is 0 Å². The molecule has 0 saturated heterocycles. The van der Waals surface area contributed by atoms with Gasteiger partial charge in [-0.25, -0.2) is 0 Å². The van der Waals surface area contributed by atoms with Gasteiger partial charge in [0.25, 0.3) is 0 Å². The molecule has 0 aromatic heterocycles. The molecule has 0 saturated carbocycles. The fourth-order valence-electron chi connectivity index (χ4n) is 0. The van der Waals surface area contributed by atoms with E-state index in [1.165, 1.54) is 0 Å². The Labute approximate surface area is 94.1 Å². The summed E-state index contributed by atoms with van der Waals surface area (Å²) in [4.78, 5) is 0. The van der Waals surface area contributed by atoms with Crippen molar-refractivity contribution in [2.24, 2.45) is 0 Å². The van der Waals surface area contributed by atoms with Crippen LogP contribution in [0.2, 0.25) is 0 Å². The van der Waals surface area contributed by atoms with E-state index in [0.29, 0.717) is 0 Å². The molecule has 0 amide bonds. The third-order valence-corrected chi connectivity index (χ3v) is 0. The first kappa shape index (κ1) is 28.3. The molecule has 0 aliphatic rings. The zero-order chi connectivity index (χ0) is 0. The molecule has 4 heteroatoms. The zero-order valence-corrected chi connectivity index (χ0v) is 9.26. The predicted molar refractivity (Wildman–Crippen MR) is 6.44 cm³/mol. The third-order valence-electron chi connectivity index (χ3n) is 0. The maximum Gasteiger partial charge on any atom is 3.00 e. The molecule has 0 aromatic carbocycles. The monoisotopic (exact) mass is 274 g/mol. The van der Waals surface area contributed by atoms with Crippen LogP contribution in [0.5, 0.6) is 0 Å². The van der Waals surface area contributed by atoms with E-state index in [1.54, 1.807) is 0 Å². The van der Waals surface area contributed by atoms with Crippen LogP contribution in [0.4, 0.5) is 0 Å². The predicted octanol–water partition coefficient (Wildman–Crippen LogP) is -0.502.